The third-order valence-corrected chi connectivity index (χ3v) is 3.88. The Kier molecular flexibility index (Phi) is 2.17. The van der Waals surface area contributed by atoms with Crippen LogP contribution in [-0.4, -0.2) is 17.4 Å². The zero-order chi connectivity index (χ0) is 14.0. The Balaban J connectivity index is 1.92. The Labute approximate surface area is 107 Å². The van der Waals surface area contributed by atoms with E-state index in [0.717, 1.165) is 0 Å². The smallest absolute Gasteiger partial charge is 0.481 e. The van der Waals surface area contributed by atoms with Crippen molar-refractivity contribution in [3.63, 3.8) is 0 Å². The maximum atomic E-state index is 12.9. The van der Waals surface area contributed by atoms with Crippen LogP contribution < -0.4 is 9.47 Å². The second-order valence-corrected chi connectivity index (χ2v) is 5.49. The lowest BCUT2D eigenvalue weighted by molar-refractivity contribution is -0.286. The maximum Gasteiger partial charge on any atom is 0.586 e. The molecular formula is C13H12F2O4. The van der Waals surface area contributed by atoms with Gasteiger partial charge in [-0.1, -0.05) is 19.9 Å². The molecule has 2 atom stereocenters. The van der Waals surface area contributed by atoms with Gasteiger partial charge in [-0.25, -0.2) is 0 Å². The molecule has 0 spiro atoms. The molecule has 19 heavy (non-hydrogen) atoms. The third-order valence-electron chi connectivity index (χ3n) is 3.88. The molecule has 1 saturated carbocycles. The molecule has 1 fully saturated rings. The van der Waals surface area contributed by atoms with Crippen LogP contribution in [0.4, 0.5) is 8.78 Å². The number of carbonyl (C=O) groups is 1. The Hall–Kier alpha value is -1.85. The number of hydrogen-bond donors (Lipinski definition) is 1. The molecule has 1 heterocycles. The summed E-state index contributed by atoms with van der Waals surface area (Å²) in [6.07, 6.45) is -3.65. The highest BCUT2D eigenvalue weighted by Crippen LogP contribution is 2.65. The number of carboxylic acid groups (broad SMARTS) is 1. The lowest BCUT2D eigenvalue weighted by Crippen LogP contribution is -2.25. The predicted molar refractivity (Wildman–Crippen MR) is 60.3 cm³/mol. The van der Waals surface area contributed by atoms with Gasteiger partial charge in [-0.05, 0) is 23.1 Å². The molecule has 3 rings (SSSR count). The first-order valence-electron chi connectivity index (χ1n) is 5.85. The summed E-state index contributed by atoms with van der Waals surface area (Å²) in [5.74, 6) is -1.66. The van der Waals surface area contributed by atoms with Gasteiger partial charge < -0.3 is 14.6 Å². The van der Waals surface area contributed by atoms with E-state index in [0.29, 0.717) is 5.56 Å². The zero-order valence-electron chi connectivity index (χ0n) is 10.3. The normalized spacial score (nSPS) is 29.1. The van der Waals surface area contributed by atoms with E-state index in [-0.39, 0.29) is 22.8 Å². The second kappa shape index (κ2) is 3.37. The highest BCUT2D eigenvalue weighted by molar-refractivity contribution is 5.77. The van der Waals surface area contributed by atoms with Crippen LogP contribution in [0.2, 0.25) is 0 Å². The number of halogens is 2. The average Bonchev–Trinajstić information content (AvgIpc) is 2.70. The van der Waals surface area contributed by atoms with Crippen LogP contribution in [0.25, 0.3) is 0 Å². The molecule has 0 aromatic heterocycles. The van der Waals surface area contributed by atoms with Gasteiger partial charge in [-0.3, -0.25) is 4.79 Å². The van der Waals surface area contributed by atoms with E-state index >= 15 is 0 Å². The van der Waals surface area contributed by atoms with Crippen molar-refractivity contribution in [3.8, 4) is 11.5 Å². The molecular weight excluding hydrogens is 258 g/mol. The van der Waals surface area contributed by atoms with Crippen molar-refractivity contribution >= 4 is 5.97 Å². The summed E-state index contributed by atoms with van der Waals surface area (Å²) in [6.45, 7) is 3.69. The Morgan fingerprint density at radius 1 is 1.26 bits per heavy atom. The van der Waals surface area contributed by atoms with E-state index in [9.17, 15) is 13.6 Å². The first-order valence-corrected chi connectivity index (χ1v) is 5.85. The van der Waals surface area contributed by atoms with Crippen molar-refractivity contribution in [2.45, 2.75) is 26.1 Å². The zero-order valence-corrected chi connectivity index (χ0v) is 10.3. The SMILES string of the molecule is CC1(C)C(C(=O)O)C1c1ccc2c(c1)OC(F)(F)O2. The molecule has 1 aliphatic carbocycles. The van der Waals surface area contributed by atoms with E-state index in [1.807, 2.05) is 13.8 Å². The van der Waals surface area contributed by atoms with Crippen molar-refractivity contribution < 1.29 is 28.2 Å². The first kappa shape index (κ1) is 12.2. The van der Waals surface area contributed by atoms with Gasteiger partial charge in [-0.2, -0.15) is 0 Å². The summed E-state index contributed by atoms with van der Waals surface area (Å²) in [6, 6.07) is 4.43. The Morgan fingerprint density at radius 3 is 2.47 bits per heavy atom. The van der Waals surface area contributed by atoms with Crippen molar-refractivity contribution in [2.24, 2.45) is 11.3 Å². The van der Waals surface area contributed by atoms with Crippen molar-refractivity contribution in [1.29, 1.82) is 0 Å². The molecule has 0 radical (unpaired) electrons. The van der Waals surface area contributed by atoms with Gasteiger partial charge in [0.1, 0.15) is 0 Å². The molecule has 6 heteroatoms. The number of hydrogen-bond acceptors (Lipinski definition) is 3. The molecule has 0 amide bonds. The van der Waals surface area contributed by atoms with Gasteiger partial charge in [0, 0.05) is 5.92 Å². The molecule has 102 valence electrons. The van der Waals surface area contributed by atoms with Gasteiger partial charge in [0.2, 0.25) is 0 Å². The first-order chi connectivity index (χ1) is 8.72. The number of alkyl halides is 2. The standard InChI is InChI=1S/C13H12F2O4/c1-12(2)9(10(12)11(16)17)6-3-4-7-8(5-6)19-13(14,15)18-7/h3-5,9-10H,1-2H3,(H,16,17). The monoisotopic (exact) mass is 270 g/mol. The molecule has 1 aromatic rings. The number of aliphatic carboxylic acids is 1. The molecule has 0 saturated heterocycles. The highest BCUT2D eigenvalue weighted by atomic mass is 19.3. The third kappa shape index (κ3) is 1.74. The molecule has 1 aromatic carbocycles. The fourth-order valence-corrected chi connectivity index (χ4v) is 2.88. The summed E-state index contributed by atoms with van der Waals surface area (Å²) < 4.78 is 34.5. The van der Waals surface area contributed by atoms with Gasteiger partial charge in [-0.15, -0.1) is 8.78 Å². The van der Waals surface area contributed by atoms with Crippen LogP contribution >= 0.6 is 0 Å². The second-order valence-electron chi connectivity index (χ2n) is 5.49. The van der Waals surface area contributed by atoms with Crippen LogP contribution in [0.15, 0.2) is 18.2 Å². The molecule has 0 bridgehead atoms. The van der Waals surface area contributed by atoms with Gasteiger partial charge >= 0.3 is 12.3 Å². The minimum atomic E-state index is -3.65. The van der Waals surface area contributed by atoms with Crippen LogP contribution in [0.5, 0.6) is 11.5 Å². The van der Waals surface area contributed by atoms with Gasteiger partial charge in [0.15, 0.2) is 11.5 Å². The summed E-state index contributed by atoms with van der Waals surface area (Å²) in [4.78, 5) is 11.1. The van der Waals surface area contributed by atoms with E-state index in [1.165, 1.54) is 12.1 Å². The maximum absolute atomic E-state index is 12.9. The largest absolute Gasteiger partial charge is 0.586 e. The quantitative estimate of drug-likeness (QED) is 0.897. The number of fused-ring (bicyclic) bond motifs is 1. The molecule has 4 nitrogen and oxygen atoms in total. The van der Waals surface area contributed by atoms with Crippen LogP contribution in [-0.2, 0) is 4.79 Å². The molecule has 2 unspecified atom stereocenters. The molecule has 1 aliphatic heterocycles. The lowest BCUT2D eigenvalue weighted by Gasteiger charge is -2.04. The predicted octanol–water partition coefficient (Wildman–Crippen LogP) is 2.83. The van der Waals surface area contributed by atoms with E-state index in [1.54, 1.807) is 6.07 Å². The number of rotatable bonds is 2. The Morgan fingerprint density at radius 2 is 1.89 bits per heavy atom. The van der Waals surface area contributed by atoms with Crippen LogP contribution in [0.3, 0.4) is 0 Å². The van der Waals surface area contributed by atoms with Crippen LogP contribution in [0, 0.1) is 11.3 Å². The van der Waals surface area contributed by atoms with Crippen LogP contribution in [0.1, 0.15) is 25.3 Å². The van der Waals surface area contributed by atoms with Gasteiger partial charge in [0.25, 0.3) is 0 Å². The van der Waals surface area contributed by atoms with Crippen molar-refractivity contribution in [1.82, 2.24) is 0 Å². The minimum absolute atomic E-state index is 0.0286. The van der Waals surface area contributed by atoms with E-state index in [2.05, 4.69) is 9.47 Å². The highest BCUT2D eigenvalue weighted by Gasteiger charge is 2.63. The summed E-state index contributed by atoms with van der Waals surface area (Å²) >= 11 is 0. The van der Waals surface area contributed by atoms with E-state index < -0.39 is 18.2 Å². The molecule has 1 N–H and O–H groups in total. The minimum Gasteiger partial charge on any atom is -0.481 e. The summed E-state index contributed by atoms with van der Waals surface area (Å²) in [5.41, 5.74) is 0.291. The van der Waals surface area contributed by atoms with Crippen molar-refractivity contribution in [3.05, 3.63) is 23.8 Å². The summed E-state index contributed by atoms with van der Waals surface area (Å²) in [7, 11) is 0. The van der Waals surface area contributed by atoms with Gasteiger partial charge in [0.05, 0.1) is 5.92 Å². The van der Waals surface area contributed by atoms with E-state index in [4.69, 9.17) is 5.11 Å². The number of carboxylic acids is 1. The lowest BCUT2D eigenvalue weighted by atomic mass is 10.0. The Bertz CT molecular complexity index is 568. The average molecular weight is 270 g/mol. The fraction of sp³-hybridized carbons (Fsp3) is 0.462. The fourth-order valence-electron chi connectivity index (χ4n) is 2.88. The van der Waals surface area contributed by atoms with Crippen molar-refractivity contribution in [2.75, 3.05) is 0 Å². The number of benzene rings is 1. The topological polar surface area (TPSA) is 55.8 Å². The summed E-state index contributed by atoms with van der Waals surface area (Å²) in [5, 5.41) is 9.12. The molecule has 2 aliphatic rings. The number of ether oxygens (including phenoxy) is 2.